The quantitative estimate of drug-likeness (QED) is 0.605. The molecule has 2 rings (SSSR count). The Balaban J connectivity index is 2.52. The van der Waals surface area contributed by atoms with Crippen molar-refractivity contribution in [2.24, 2.45) is 28.5 Å². The Kier molecular flexibility index (Phi) is 7.11. The lowest BCUT2D eigenvalue weighted by Crippen LogP contribution is -2.43. The molecule has 0 bridgehead atoms. The first-order valence-corrected chi connectivity index (χ1v) is 10.5. The number of thioether (sulfide) groups is 1. The van der Waals surface area contributed by atoms with Crippen LogP contribution in [0.1, 0.15) is 47.0 Å². The summed E-state index contributed by atoms with van der Waals surface area (Å²) in [4.78, 5) is 16.4. The monoisotopic (exact) mass is 388 g/mol. The molecule has 4 unspecified atom stereocenters. The van der Waals surface area contributed by atoms with Crippen LogP contribution < -0.4 is 5.73 Å². The third kappa shape index (κ3) is 3.78. The van der Waals surface area contributed by atoms with Crippen molar-refractivity contribution in [2.45, 2.75) is 58.1 Å². The standard InChI is InChI=1S/C19H30F2N2O2S/c1-5-8-26-19(11(4)6-2)13-9-12(13)15(16(22)18(20)21)17(19)23-10-14(24)25-7-3/h11-13,18H,5-10,22H2,1-4H3. The van der Waals surface area contributed by atoms with Gasteiger partial charge in [0.15, 0.2) is 0 Å². The summed E-state index contributed by atoms with van der Waals surface area (Å²) in [6, 6.07) is 0. The average Bonchev–Trinajstić information content (AvgIpc) is 3.35. The van der Waals surface area contributed by atoms with Gasteiger partial charge in [-0.2, -0.15) is 0 Å². The second-order valence-corrected chi connectivity index (χ2v) is 8.41. The van der Waals surface area contributed by atoms with Gasteiger partial charge >= 0.3 is 5.97 Å². The second kappa shape index (κ2) is 8.72. The van der Waals surface area contributed by atoms with Crippen LogP contribution in [0, 0.1) is 17.8 Å². The van der Waals surface area contributed by atoms with Gasteiger partial charge in [-0.1, -0.05) is 27.2 Å². The molecule has 0 radical (unpaired) electrons. The number of hydrogen-bond donors (Lipinski definition) is 1. The van der Waals surface area contributed by atoms with Crippen molar-refractivity contribution in [2.75, 3.05) is 18.9 Å². The van der Waals surface area contributed by atoms with Crippen molar-refractivity contribution in [1.82, 2.24) is 0 Å². The van der Waals surface area contributed by atoms with E-state index in [0.29, 0.717) is 11.3 Å². The van der Waals surface area contributed by atoms with E-state index < -0.39 is 12.4 Å². The van der Waals surface area contributed by atoms with Crippen LogP contribution in [0.3, 0.4) is 0 Å². The second-order valence-electron chi connectivity index (χ2n) is 7.04. The molecule has 0 aromatic rings. The molecule has 0 aromatic heterocycles. The molecule has 0 aromatic carbocycles. The van der Waals surface area contributed by atoms with Crippen molar-refractivity contribution in [3.05, 3.63) is 11.3 Å². The number of ether oxygens (including phenoxy) is 1. The van der Waals surface area contributed by atoms with Crippen LogP contribution in [0.5, 0.6) is 0 Å². The SMILES string of the molecule is CCCSC1(C(C)CC)C(=NCC(=O)OCC)C(=C(N)C(F)F)C2CC21. The Morgan fingerprint density at radius 3 is 2.65 bits per heavy atom. The average molecular weight is 389 g/mol. The first-order valence-electron chi connectivity index (χ1n) is 9.47. The van der Waals surface area contributed by atoms with E-state index in [2.05, 4.69) is 25.8 Å². The van der Waals surface area contributed by atoms with E-state index in [1.807, 2.05) is 0 Å². The smallest absolute Gasteiger partial charge is 0.327 e. The van der Waals surface area contributed by atoms with Crippen LogP contribution in [0.15, 0.2) is 16.3 Å². The van der Waals surface area contributed by atoms with Crippen LogP contribution in [0.25, 0.3) is 0 Å². The van der Waals surface area contributed by atoms with E-state index in [1.54, 1.807) is 18.7 Å². The number of allylic oxidation sites excluding steroid dienone is 2. The molecule has 0 heterocycles. The van der Waals surface area contributed by atoms with E-state index in [0.717, 1.165) is 25.0 Å². The Morgan fingerprint density at radius 2 is 2.12 bits per heavy atom. The fourth-order valence-electron chi connectivity index (χ4n) is 4.07. The molecule has 0 saturated heterocycles. The zero-order valence-electron chi connectivity index (χ0n) is 16.1. The van der Waals surface area contributed by atoms with Gasteiger partial charge in [-0.25, -0.2) is 8.78 Å². The number of carbonyl (C=O) groups is 1. The molecule has 2 saturated carbocycles. The lowest BCUT2D eigenvalue weighted by atomic mass is 9.83. The number of halogens is 2. The normalized spacial score (nSPS) is 31.9. The third-order valence-electron chi connectivity index (χ3n) is 5.44. The van der Waals surface area contributed by atoms with Gasteiger partial charge in [0.1, 0.15) is 6.54 Å². The summed E-state index contributed by atoms with van der Waals surface area (Å²) in [5.41, 5.74) is 6.56. The van der Waals surface area contributed by atoms with E-state index in [9.17, 15) is 13.6 Å². The lowest BCUT2D eigenvalue weighted by molar-refractivity contribution is -0.141. The van der Waals surface area contributed by atoms with Crippen LogP contribution in [0.2, 0.25) is 0 Å². The fraction of sp³-hybridized carbons (Fsp3) is 0.789. The summed E-state index contributed by atoms with van der Waals surface area (Å²) in [5.74, 6) is 1.08. The van der Waals surface area contributed by atoms with Gasteiger partial charge in [0, 0.05) is 5.57 Å². The van der Waals surface area contributed by atoms with Crippen molar-refractivity contribution >= 4 is 23.4 Å². The Hall–Kier alpha value is -1.11. The predicted octanol–water partition coefficient (Wildman–Crippen LogP) is 4.05. The van der Waals surface area contributed by atoms with Gasteiger partial charge < -0.3 is 10.5 Å². The molecule has 4 nitrogen and oxygen atoms in total. The van der Waals surface area contributed by atoms with E-state index >= 15 is 0 Å². The zero-order valence-corrected chi connectivity index (χ0v) is 16.9. The number of rotatable bonds is 9. The van der Waals surface area contributed by atoms with E-state index in [1.165, 1.54) is 0 Å². The number of hydrogen-bond acceptors (Lipinski definition) is 5. The van der Waals surface area contributed by atoms with Crippen LogP contribution >= 0.6 is 11.8 Å². The molecule has 4 atom stereocenters. The minimum absolute atomic E-state index is 0.0447. The van der Waals surface area contributed by atoms with E-state index in [4.69, 9.17) is 10.5 Å². The van der Waals surface area contributed by atoms with Crippen molar-refractivity contribution in [3.63, 3.8) is 0 Å². The number of fused-ring (bicyclic) bond motifs is 1. The van der Waals surface area contributed by atoms with Crippen LogP contribution in [-0.2, 0) is 9.53 Å². The number of nitrogens with zero attached hydrogens (tertiary/aromatic N) is 1. The summed E-state index contributed by atoms with van der Waals surface area (Å²) < 4.78 is 31.5. The van der Waals surface area contributed by atoms with Gasteiger partial charge in [-0.05, 0) is 43.3 Å². The lowest BCUT2D eigenvalue weighted by Gasteiger charge is -2.38. The molecule has 2 aliphatic carbocycles. The highest BCUT2D eigenvalue weighted by Gasteiger charge is 2.66. The highest BCUT2D eigenvalue weighted by molar-refractivity contribution is 8.01. The van der Waals surface area contributed by atoms with Crippen LogP contribution in [-0.4, -0.2) is 41.8 Å². The van der Waals surface area contributed by atoms with Gasteiger partial charge in [0.2, 0.25) is 0 Å². The fourth-order valence-corrected chi connectivity index (χ4v) is 5.85. The number of alkyl halides is 2. The first kappa shape index (κ1) is 21.2. The number of aliphatic imine (C=N–C) groups is 1. The Morgan fingerprint density at radius 1 is 1.42 bits per heavy atom. The largest absolute Gasteiger partial charge is 0.465 e. The number of esters is 1. The summed E-state index contributed by atoms with van der Waals surface area (Å²) in [7, 11) is 0. The van der Waals surface area contributed by atoms with Gasteiger partial charge in [0.25, 0.3) is 6.43 Å². The number of carbonyl (C=O) groups excluding carboxylic acids is 1. The first-order chi connectivity index (χ1) is 12.3. The van der Waals surface area contributed by atoms with Crippen molar-refractivity contribution in [3.8, 4) is 0 Å². The van der Waals surface area contributed by atoms with Gasteiger partial charge in [0.05, 0.1) is 22.8 Å². The molecule has 0 amide bonds. The maximum atomic E-state index is 13.4. The summed E-state index contributed by atoms with van der Waals surface area (Å²) in [6.45, 7) is 8.23. The molecule has 26 heavy (non-hydrogen) atoms. The molecule has 148 valence electrons. The van der Waals surface area contributed by atoms with Gasteiger partial charge in [-0.3, -0.25) is 9.79 Å². The zero-order chi connectivity index (χ0) is 19.5. The maximum Gasteiger partial charge on any atom is 0.327 e. The summed E-state index contributed by atoms with van der Waals surface area (Å²) >= 11 is 1.80. The molecule has 7 heteroatoms. The summed E-state index contributed by atoms with van der Waals surface area (Å²) in [5, 5.41) is 0. The minimum atomic E-state index is -2.71. The van der Waals surface area contributed by atoms with Gasteiger partial charge in [-0.15, -0.1) is 11.8 Å². The molecule has 2 aliphatic rings. The highest BCUT2D eigenvalue weighted by Crippen LogP contribution is 2.67. The third-order valence-corrected chi connectivity index (χ3v) is 7.43. The Labute approximate surface area is 159 Å². The van der Waals surface area contributed by atoms with Crippen LogP contribution in [0.4, 0.5) is 8.78 Å². The molecule has 2 N–H and O–H groups in total. The number of nitrogens with two attached hydrogens (primary N) is 1. The molecular formula is C19H30F2N2O2S. The molecule has 2 fully saturated rings. The highest BCUT2D eigenvalue weighted by atomic mass is 32.2. The molecule has 0 spiro atoms. The molecule has 0 aliphatic heterocycles. The topological polar surface area (TPSA) is 64.7 Å². The van der Waals surface area contributed by atoms with Crippen molar-refractivity contribution in [1.29, 1.82) is 0 Å². The van der Waals surface area contributed by atoms with Crippen molar-refractivity contribution < 1.29 is 18.3 Å². The summed E-state index contributed by atoms with van der Waals surface area (Å²) in [6.07, 6.45) is 0.0833. The predicted molar refractivity (Wildman–Crippen MR) is 103 cm³/mol. The maximum absolute atomic E-state index is 13.4. The Bertz CT molecular complexity index is 594. The minimum Gasteiger partial charge on any atom is -0.465 e. The van der Waals surface area contributed by atoms with E-state index in [-0.39, 0.29) is 41.3 Å². The molecular weight excluding hydrogens is 358 g/mol.